The van der Waals surface area contributed by atoms with E-state index in [-0.39, 0.29) is 0 Å². The van der Waals surface area contributed by atoms with Crippen LogP contribution in [0, 0.1) is 22.7 Å². The first-order valence-electron chi connectivity index (χ1n) is 5.71. The van der Waals surface area contributed by atoms with Crippen molar-refractivity contribution < 1.29 is 0 Å². The average Bonchev–Trinajstić information content (AvgIpc) is 2.47. The molecular weight excluding hydrogens is 291 g/mol. The molecule has 20 heavy (non-hydrogen) atoms. The largest absolute Gasteiger partial charge is 0.192 e. The number of hydrogen-bond acceptors (Lipinski definition) is 2. The first-order chi connectivity index (χ1) is 9.63. The average molecular weight is 299 g/mol. The summed E-state index contributed by atoms with van der Waals surface area (Å²) in [6.07, 6.45) is 1.69. The Labute approximate surface area is 127 Å². The van der Waals surface area contributed by atoms with Crippen LogP contribution in [0.15, 0.2) is 42.5 Å². The first kappa shape index (κ1) is 14.2. The molecule has 0 radical (unpaired) electrons. The summed E-state index contributed by atoms with van der Waals surface area (Å²) in [5.41, 5.74) is 2.48. The minimum Gasteiger partial charge on any atom is -0.192 e. The third-order valence-corrected chi connectivity index (χ3v) is 3.27. The molecule has 0 atom stereocenters. The van der Waals surface area contributed by atoms with E-state index in [0.717, 1.165) is 11.1 Å². The smallest absolute Gasteiger partial charge is 0.0998 e. The van der Waals surface area contributed by atoms with Gasteiger partial charge in [-0.25, -0.2) is 0 Å². The van der Waals surface area contributed by atoms with Crippen molar-refractivity contribution in [1.82, 2.24) is 0 Å². The van der Waals surface area contributed by atoms with E-state index < -0.39 is 0 Å². The molecule has 0 saturated carbocycles. The van der Waals surface area contributed by atoms with Gasteiger partial charge in [0.05, 0.1) is 23.3 Å². The molecule has 0 unspecified atom stereocenters. The van der Waals surface area contributed by atoms with E-state index in [4.69, 9.17) is 28.5 Å². The quantitative estimate of drug-likeness (QED) is 0.583. The van der Waals surface area contributed by atoms with Gasteiger partial charge in [0.25, 0.3) is 0 Å². The minimum absolute atomic E-state index is 0.471. The van der Waals surface area contributed by atoms with Crippen molar-refractivity contribution in [3.63, 3.8) is 0 Å². The fraction of sp³-hybridized carbons (Fsp3) is 0. The van der Waals surface area contributed by atoms with Crippen molar-refractivity contribution in [2.24, 2.45) is 0 Å². The monoisotopic (exact) mass is 298 g/mol. The summed E-state index contributed by atoms with van der Waals surface area (Å²) in [5.74, 6) is 0. The molecule has 2 rings (SSSR count). The molecule has 0 saturated heterocycles. The molecule has 0 heterocycles. The van der Waals surface area contributed by atoms with Gasteiger partial charge in [0.15, 0.2) is 0 Å². The Morgan fingerprint density at radius 1 is 1.00 bits per heavy atom. The van der Waals surface area contributed by atoms with Crippen LogP contribution in [0.2, 0.25) is 10.0 Å². The van der Waals surface area contributed by atoms with Crippen molar-refractivity contribution in [1.29, 1.82) is 10.5 Å². The zero-order valence-corrected chi connectivity index (χ0v) is 11.8. The molecule has 2 aromatic rings. The number of allylic oxidation sites excluding steroid dienone is 1. The number of benzene rings is 2. The lowest BCUT2D eigenvalue weighted by Crippen LogP contribution is -1.84. The van der Waals surface area contributed by atoms with Gasteiger partial charge in [0.2, 0.25) is 0 Å². The third-order valence-electron chi connectivity index (χ3n) is 2.71. The topological polar surface area (TPSA) is 47.6 Å². The molecular formula is C16H8Cl2N2. The second kappa shape index (κ2) is 6.26. The lowest BCUT2D eigenvalue weighted by atomic mass is 10.0. The molecule has 0 spiro atoms. The number of rotatable bonds is 2. The highest BCUT2D eigenvalue weighted by atomic mass is 35.5. The number of nitriles is 2. The van der Waals surface area contributed by atoms with Crippen LogP contribution in [-0.4, -0.2) is 0 Å². The summed E-state index contributed by atoms with van der Waals surface area (Å²) >= 11 is 11.9. The molecule has 2 nitrogen and oxygen atoms in total. The Morgan fingerprint density at radius 3 is 2.25 bits per heavy atom. The summed E-state index contributed by atoms with van der Waals surface area (Å²) in [6.45, 7) is 0. The predicted molar refractivity (Wildman–Crippen MR) is 81.1 cm³/mol. The van der Waals surface area contributed by atoms with Gasteiger partial charge in [-0.2, -0.15) is 10.5 Å². The van der Waals surface area contributed by atoms with Gasteiger partial charge < -0.3 is 0 Å². The highest BCUT2D eigenvalue weighted by Gasteiger charge is 2.04. The molecule has 96 valence electrons. The van der Waals surface area contributed by atoms with Crippen molar-refractivity contribution in [3.05, 3.63) is 69.2 Å². The number of nitrogens with zero attached hydrogens (tertiary/aromatic N) is 2. The van der Waals surface area contributed by atoms with E-state index in [9.17, 15) is 5.26 Å². The summed E-state index contributed by atoms with van der Waals surface area (Å²) in [5, 5.41) is 19.1. The van der Waals surface area contributed by atoms with Crippen LogP contribution in [0.4, 0.5) is 0 Å². The third kappa shape index (κ3) is 3.19. The van der Waals surface area contributed by atoms with Crippen LogP contribution in [0.3, 0.4) is 0 Å². The molecule has 0 N–H and O–H groups in total. The Balaban J connectivity index is 2.43. The lowest BCUT2D eigenvalue weighted by Gasteiger charge is -2.02. The Kier molecular flexibility index (Phi) is 4.43. The van der Waals surface area contributed by atoms with Gasteiger partial charge in [-0.3, -0.25) is 0 Å². The molecule has 0 fully saturated rings. The van der Waals surface area contributed by atoms with Crippen LogP contribution in [0.5, 0.6) is 0 Å². The fourth-order valence-corrected chi connectivity index (χ4v) is 2.14. The highest BCUT2D eigenvalue weighted by molar-refractivity contribution is 6.35. The van der Waals surface area contributed by atoms with Crippen LogP contribution < -0.4 is 0 Å². The standard InChI is InChI=1S/C16H8Cl2N2/c17-15-6-5-13(16(18)8-15)7-14(10-20)12-3-1-11(9-19)2-4-12/h1-8H/b14-7-. The van der Waals surface area contributed by atoms with Crippen molar-refractivity contribution >= 4 is 34.9 Å². The number of hydrogen-bond donors (Lipinski definition) is 0. The molecule has 0 aliphatic heterocycles. The Hall–Kier alpha value is -2.26. The number of halogens is 2. The van der Waals surface area contributed by atoms with Crippen molar-refractivity contribution in [3.8, 4) is 12.1 Å². The summed E-state index contributed by atoms with van der Waals surface area (Å²) < 4.78 is 0. The van der Waals surface area contributed by atoms with E-state index in [2.05, 4.69) is 6.07 Å². The van der Waals surface area contributed by atoms with Gasteiger partial charge in [-0.15, -0.1) is 0 Å². The Bertz CT molecular complexity index is 748. The second-order valence-electron chi connectivity index (χ2n) is 4.02. The molecule has 0 amide bonds. The lowest BCUT2D eigenvalue weighted by molar-refractivity contribution is 1.47. The summed E-state index contributed by atoms with van der Waals surface area (Å²) in [6, 6.07) is 16.1. The SMILES string of the molecule is N#C/C(=C/c1ccc(Cl)cc1Cl)c1ccc(C#N)cc1. The van der Waals surface area contributed by atoms with Gasteiger partial charge >= 0.3 is 0 Å². The summed E-state index contributed by atoms with van der Waals surface area (Å²) in [4.78, 5) is 0. The maximum absolute atomic E-state index is 9.26. The normalized spacial score (nSPS) is 10.7. The molecule has 0 aliphatic rings. The molecule has 0 aliphatic carbocycles. The van der Waals surface area contributed by atoms with E-state index in [1.54, 1.807) is 48.5 Å². The molecule has 0 bridgehead atoms. The summed E-state index contributed by atoms with van der Waals surface area (Å²) in [7, 11) is 0. The maximum Gasteiger partial charge on any atom is 0.0998 e. The van der Waals surface area contributed by atoms with Crippen LogP contribution in [0.1, 0.15) is 16.7 Å². The van der Waals surface area contributed by atoms with E-state index in [1.165, 1.54) is 0 Å². The van der Waals surface area contributed by atoms with Crippen LogP contribution >= 0.6 is 23.2 Å². The van der Waals surface area contributed by atoms with Crippen molar-refractivity contribution in [2.75, 3.05) is 0 Å². The van der Waals surface area contributed by atoms with Gasteiger partial charge in [-0.1, -0.05) is 41.4 Å². The van der Waals surface area contributed by atoms with Crippen molar-refractivity contribution in [2.45, 2.75) is 0 Å². The highest BCUT2D eigenvalue weighted by Crippen LogP contribution is 2.25. The molecule has 2 aromatic carbocycles. The molecule has 0 aromatic heterocycles. The zero-order chi connectivity index (χ0) is 14.5. The fourth-order valence-electron chi connectivity index (χ4n) is 1.68. The van der Waals surface area contributed by atoms with Crippen LogP contribution in [0.25, 0.3) is 11.6 Å². The minimum atomic E-state index is 0.471. The van der Waals surface area contributed by atoms with E-state index in [0.29, 0.717) is 21.2 Å². The zero-order valence-electron chi connectivity index (χ0n) is 10.3. The van der Waals surface area contributed by atoms with E-state index in [1.807, 2.05) is 6.07 Å². The first-order valence-corrected chi connectivity index (χ1v) is 6.47. The molecule has 4 heteroatoms. The second-order valence-corrected chi connectivity index (χ2v) is 4.87. The van der Waals surface area contributed by atoms with Gasteiger partial charge in [0.1, 0.15) is 0 Å². The van der Waals surface area contributed by atoms with Crippen LogP contribution in [-0.2, 0) is 0 Å². The van der Waals surface area contributed by atoms with E-state index >= 15 is 0 Å². The maximum atomic E-state index is 9.26. The Morgan fingerprint density at radius 2 is 1.70 bits per heavy atom. The van der Waals surface area contributed by atoms with Gasteiger partial charge in [-0.05, 0) is 41.5 Å². The predicted octanol–water partition coefficient (Wildman–Crippen LogP) is 4.93. The van der Waals surface area contributed by atoms with Gasteiger partial charge in [0, 0.05) is 10.0 Å².